The van der Waals surface area contributed by atoms with Gasteiger partial charge in [-0.2, -0.15) is 0 Å². The first-order valence-corrected chi connectivity index (χ1v) is 3.87. The molecule has 1 rings (SSSR count). The second-order valence-corrected chi connectivity index (χ2v) is 2.68. The maximum atomic E-state index is 11.8. The lowest BCUT2D eigenvalue weighted by Gasteiger charge is -2.07. The van der Waals surface area contributed by atoms with Gasteiger partial charge in [0, 0.05) is 0 Å². The molecule has 92 valence electrons. The highest BCUT2D eigenvalue weighted by molar-refractivity contribution is 5.78. The molecular weight excluding hydrogens is 249 g/mol. The van der Waals surface area contributed by atoms with Gasteiger partial charge in [-0.25, -0.2) is 0 Å². The second-order valence-electron chi connectivity index (χ2n) is 2.68. The Balaban J connectivity index is 3.35. The van der Waals surface area contributed by atoms with Gasteiger partial charge < -0.3 is 9.72 Å². The van der Waals surface area contributed by atoms with Gasteiger partial charge >= 0.3 is 6.36 Å². The Morgan fingerprint density at radius 3 is 2.47 bits per heavy atom. The zero-order valence-corrected chi connectivity index (χ0v) is 7.78. The number of nitrogens with one attached hydrogen (secondary N) is 1. The number of nitro groups is 1. The number of pyridine rings is 1. The van der Waals surface area contributed by atoms with Crippen LogP contribution in [0.5, 0.6) is 5.75 Å². The van der Waals surface area contributed by atoms with Gasteiger partial charge in [0.25, 0.3) is 11.2 Å². The predicted octanol–water partition coefficient (Wildman–Crippen LogP) is 0.994. The van der Waals surface area contributed by atoms with E-state index in [0.29, 0.717) is 0 Å². The minimum absolute atomic E-state index is 0.0586. The molecule has 1 heterocycles. The predicted molar refractivity (Wildman–Crippen MR) is 45.8 cm³/mol. The Labute approximate surface area is 90.0 Å². The average Bonchev–Trinajstić information content (AvgIpc) is 2.18. The topological polar surface area (TPSA) is 102 Å². The molecule has 0 aliphatic carbocycles. The molecule has 10 heteroatoms. The first-order chi connectivity index (χ1) is 7.74. The second kappa shape index (κ2) is 4.23. The van der Waals surface area contributed by atoms with E-state index in [1.54, 1.807) is 4.98 Å². The van der Waals surface area contributed by atoms with E-state index < -0.39 is 34.0 Å². The number of H-pyrrole nitrogens is 1. The minimum atomic E-state index is -5.16. The molecule has 0 unspecified atom stereocenters. The molecular formula is C7H3F3N2O5. The molecule has 0 saturated heterocycles. The van der Waals surface area contributed by atoms with Crippen LogP contribution in [-0.4, -0.2) is 22.6 Å². The molecule has 0 radical (unpaired) electrons. The molecule has 7 nitrogen and oxygen atoms in total. The quantitative estimate of drug-likeness (QED) is 0.491. The summed E-state index contributed by atoms with van der Waals surface area (Å²) >= 11 is 0. The number of carbonyl (C=O) groups excluding carboxylic acids is 1. The van der Waals surface area contributed by atoms with E-state index in [4.69, 9.17) is 0 Å². The molecule has 0 aliphatic heterocycles. The first-order valence-electron chi connectivity index (χ1n) is 3.87. The van der Waals surface area contributed by atoms with Gasteiger partial charge in [-0.3, -0.25) is 19.7 Å². The maximum Gasteiger partial charge on any atom is 0.573 e. The number of halogens is 3. The largest absolute Gasteiger partial charge is 0.573 e. The fourth-order valence-corrected chi connectivity index (χ4v) is 0.957. The summed E-state index contributed by atoms with van der Waals surface area (Å²) in [6.07, 6.45) is -5.22. The maximum absolute atomic E-state index is 11.8. The van der Waals surface area contributed by atoms with Gasteiger partial charge in [0.1, 0.15) is 0 Å². The summed E-state index contributed by atoms with van der Waals surface area (Å²) < 4.78 is 38.7. The molecule has 0 saturated carbocycles. The highest BCUT2D eigenvalue weighted by Gasteiger charge is 2.33. The molecule has 0 atom stereocenters. The number of alkyl halides is 3. The number of nitrogens with zero attached hydrogens (tertiary/aromatic N) is 1. The van der Waals surface area contributed by atoms with Gasteiger partial charge in [-0.15, -0.1) is 13.2 Å². The Morgan fingerprint density at radius 2 is 2.06 bits per heavy atom. The third-order valence-electron chi connectivity index (χ3n) is 1.56. The fourth-order valence-electron chi connectivity index (χ4n) is 0.957. The van der Waals surface area contributed by atoms with Gasteiger partial charge in [-0.05, 0) is 0 Å². The van der Waals surface area contributed by atoms with Crippen molar-refractivity contribution in [3.05, 3.63) is 32.2 Å². The van der Waals surface area contributed by atoms with Crippen LogP contribution < -0.4 is 10.3 Å². The lowest BCUT2D eigenvalue weighted by Crippen LogP contribution is -2.23. The lowest BCUT2D eigenvalue weighted by atomic mass is 10.3. The van der Waals surface area contributed by atoms with Crippen LogP contribution in [0.4, 0.5) is 18.9 Å². The van der Waals surface area contributed by atoms with Gasteiger partial charge in [0.05, 0.1) is 11.0 Å². The smallest absolute Gasteiger partial charge is 0.400 e. The zero-order valence-electron chi connectivity index (χ0n) is 7.78. The van der Waals surface area contributed by atoms with Crippen molar-refractivity contribution >= 4 is 12.0 Å². The summed E-state index contributed by atoms with van der Waals surface area (Å²) in [5.41, 5.74) is -3.12. The van der Waals surface area contributed by atoms with Crippen LogP contribution in [0.15, 0.2) is 10.9 Å². The fraction of sp³-hybridized carbons (Fsp3) is 0.143. The molecule has 0 fully saturated rings. The van der Waals surface area contributed by atoms with Crippen molar-refractivity contribution in [1.82, 2.24) is 4.98 Å². The van der Waals surface area contributed by atoms with Crippen LogP contribution >= 0.6 is 0 Å². The van der Waals surface area contributed by atoms with Crippen LogP contribution in [0.1, 0.15) is 10.5 Å². The van der Waals surface area contributed by atoms with Gasteiger partial charge in [-0.1, -0.05) is 0 Å². The lowest BCUT2D eigenvalue weighted by molar-refractivity contribution is -0.385. The molecule has 1 aromatic rings. The number of hydrogen-bond donors (Lipinski definition) is 1. The van der Waals surface area contributed by atoms with E-state index in [9.17, 15) is 32.9 Å². The number of rotatable bonds is 3. The Hall–Kier alpha value is -2.39. The van der Waals surface area contributed by atoms with Crippen molar-refractivity contribution in [2.45, 2.75) is 6.36 Å². The van der Waals surface area contributed by atoms with E-state index in [2.05, 4.69) is 4.74 Å². The number of ether oxygens (including phenoxy) is 1. The van der Waals surface area contributed by atoms with Crippen LogP contribution in [0.2, 0.25) is 0 Å². The highest BCUT2D eigenvalue weighted by Crippen LogP contribution is 2.23. The van der Waals surface area contributed by atoms with Crippen molar-refractivity contribution in [2.24, 2.45) is 0 Å². The third-order valence-corrected chi connectivity index (χ3v) is 1.56. The van der Waals surface area contributed by atoms with E-state index in [1.807, 2.05) is 0 Å². The minimum Gasteiger partial charge on any atom is -0.400 e. The van der Waals surface area contributed by atoms with Crippen LogP contribution in [0.25, 0.3) is 0 Å². The number of carbonyl (C=O) groups is 1. The molecule has 0 aliphatic rings. The monoisotopic (exact) mass is 252 g/mol. The Bertz CT molecular complexity index is 521. The summed E-state index contributed by atoms with van der Waals surface area (Å²) in [6, 6.07) is 0.232. The zero-order chi connectivity index (χ0) is 13.2. The number of aromatic nitrogens is 1. The van der Waals surface area contributed by atoms with E-state index >= 15 is 0 Å². The normalized spacial score (nSPS) is 11.0. The van der Waals surface area contributed by atoms with Gasteiger partial charge in [0.2, 0.25) is 5.75 Å². The summed E-state index contributed by atoms with van der Waals surface area (Å²) in [4.78, 5) is 32.2. The number of aromatic amines is 1. The van der Waals surface area contributed by atoms with E-state index in [-0.39, 0.29) is 12.4 Å². The van der Waals surface area contributed by atoms with Crippen molar-refractivity contribution in [1.29, 1.82) is 0 Å². The highest BCUT2D eigenvalue weighted by atomic mass is 19.4. The van der Waals surface area contributed by atoms with Crippen molar-refractivity contribution < 1.29 is 27.6 Å². The SMILES string of the molecule is O=Cc1[nH]c(=O)c(OC(F)(F)F)cc1[N+](=O)[O-]. The molecule has 0 spiro atoms. The van der Waals surface area contributed by atoms with Crippen molar-refractivity contribution in [3.63, 3.8) is 0 Å². The molecule has 17 heavy (non-hydrogen) atoms. The Morgan fingerprint density at radius 1 is 1.47 bits per heavy atom. The number of hydrogen-bond acceptors (Lipinski definition) is 5. The molecule has 0 bridgehead atoms. The molecule has 1 aromatic heterocycles. The standard InChI is InChI=1S/C7H3F3N2O5/c8-7(9,10)17-5-1-4(12(15)16)3(2-13)11-6(5)14/h1-2H,(H,11,14). The summed E-state index contributed by atoms with van der Waals surface area (Å²) in [6.45, 7) is 0. The summed E-state index contributed by atoms with van der Waals surface area (Å²) in [7, 11) is 0. The van der Waals surface area contributed by atoms with E-state index in [1.165, 1.54) is 0 Å². The number of aldehydes is 1. The first kappa shape index (κ1) is 12.7. The van der Waals surface area contributed by atoms with Crippen LogP contribution in [-0.2, 0) is 0 Å². The van der Waals surface area contributed by atoms with Crippen molar-refractivity contribution in [2.75, 3.05) is 0 Å². The third kappa shape index (κ3) is 3.03. The molecule has 1 N–H and O–H groups in total. The van der Waals surface area contributed by atoms with Crippen LogP contribution in [0, 0.1) is 10.1 Å². The van der Waals surface area contributed by atoms with Crippen LogP contribution in [0.3, 0.4) is 0 Å². The Kier molecular flexibility index (Phi) is 3.16. The summed E-state index contributed by atoms with van der Waals surface area (Å²) in [5, 5.41) is 10.4. The average molecular weight is 252 g/mol. The van der Waals surface area contributed by atoms with E-state index in [0.717, 1.165) is 0 Å². The summed E-state index contributed by atoms with van der Waals surface area (Å²) in [5.74, 6) is -1.31. The van der Waals surface area contributed by atoms with Gasteiger partial charge in [0.15, 0.2) is 12.0 Å². The van der Waals surface area contributed by atoms with Crippen molar-refractivity contribution in [3.8, 4) is 5.75 Å². The molecule has 0 amide bonds. The molecule has 0 aromatic carbocycles.